The first-order chi connectivity index (χ1) is 10.0. The molecule has 2 N–H and O–H groups in total. The second-order valence-electron chi connectivity index (χ2n) is 5.24. The molecule has 0 aromatic heterocycles. The van der Waals surface area contributed by atoms with Gasteiger partial charge in [-0.25, -0.2) is 0 Å². The number of rotatable bonds is 5. The fraction of sp³-hybridized carbons (Fsp3) is 0.500. The van der Waals surface area contributed by atoms with Crippen LogP contribution in [0, 0.1) is 10.1 Å². The molecule has 2 rings (SSSR count). The molecule has 1 aliphatic rings. The summed E-state index contributed by atoms with van der Waals surface area (Å²) in [5, 5.41) is 23.2. The summed E-state index contributed by atoms with van der Waals surface area (Å²) in [7, 11) is 1.40. The Morgan fingerprint density at radius 2 is 2.14 bits per heavy atom. The molecule has 0 atom stereocenters. The molecular weight excluding hydrogens is 276 g/mol. The summed E-state index contributed by atoms with van der Waals surface area (Å²) in [6.07, 6.45) is 3.28. The van der Waals surface area contributed by atoms with Crippen molar-refractivity contribution in [3.05, 3.63) is 33.9 Å². The van der Waals surface area contributed by atoms with E-state index < -0.39 is 16.4 Å². The van der Waals surface area contributed by atoms with Gasteiger partial charge in [0.2, 0.25) is 0 Å². The number of hydrogen-bond donors (Lipinski definition) is 2. The number of ether oxygens (including phenoxy) is 1. The molecule has 0 saturated heterocycles. The van der Waals surface area contributed by atoms with E-state index in [9.17, 15) is 20.0 Å². The number of nitro benzene ring substituents is 1. The highest BCUT2D eigenvalue weighted by atomic mass is 16.6. The summed E-state index contributed by atoms with van der Waals surface area (Å²) < 4.78 is 5.09. The van der Waals surface area contributed by atoms with E-state index in [0.29, 0.717) is 12.8 Å². The molecule has 114 valence electrons. The van der Waals surface area contributed by atoms with Gasteiger partial charge in [0.25, 0.3) is 11.6 Å². The number of non-ortho nitro benzene ring substituents is 1. The molecule has 1 saturated carbocycles. The van der Waals surface area contributed by atoms with Crippen LogP contribution in [0.15, 0.2) is 18.2 Å². The Labute approximate surface area is 122 Å². The zero-order chi connectivity index (χ0) is 15.5. The smallest absolute Gasteiger partial charge is 0.270 e. The summed E-state index contributed by atoms with van der Waals surface area (Å²) >= 11 is 0. The third kappa shape index (κ3) is 3.13. The van der Waals surface area contributed by atoms with Crippen LogP contribution in [0.25, 0.3) is 0 Å². The van der Waals surface area contributed by atoms with Crippen LogP contribution in [0.3, 0.4) is 0 Å². The molecule has 1 fully saturated rings. The molecule has 1 aromatic carbocycles. The Morgan fingerprint density at radius 3 is 2.67 bits per heavy atom. The molecule has 1 aromatic rings. The molecule has 0 unspecified atom stereocenters. The maximum Gasteiger partial charge on any atom is 0.270 e. The number of carbonyl (C=O) groups is 1. The number of methoxy groups -OCH3 is 1. The third-order valence-corrected chi connectivity index (χ3v) is 3.88. The Kier molecular flexibility index (Phi) is 4.42. The Hall–Kier alpha value is -2.15. The molecule has 7 nitrogen and oxygen atoms in total. The van der Waals surface area contributed by atoms with Gasteiger partial charge in [-0.1, -0.05) is 12.8 Å². The number of nitrogens with zero attached hydrogens (tertiary/aromatic N) is 1. The van der Waals surface area contributed by atoms with Crippen LogP contribution in [-0.2, 0) is 0 Å². The SMILES string of the molecule is COc1ccc([N+](=O)[O-])cc1C(=O)NC1(CO)CCCC1. The number of hydrogen-bond acceptors (Lipinski definition) is 5. The number of aliphatic hydroxyl groups excluding tert-OH is 1. The Balaban J connectivity index is 2.29. The van der Waals surface area contributed by atoms with Crippen molar-refractivity contribution in [1.82, 2.24) is 5.32 Å². The lowest BCUT2D eigenvalue weighted by atomic mass is 9.98. The van der Waals surface area contributed by atoms with E-state index in [-0.39, 0.29) is 23.6 Å². The van der Waals surface area contributed by atoms with Crippen molar-refractivity contribution >= 4 is 11.6 Å². The molecular formula is C14H18N2O5. The van der Waals surface area contributed by atoms with Crippen LogP contribution in [0.5, 0.6) is 5.75 Å². The summed E-state index contributed by atoms with van der Waals surface area (Å²) in [6, 6.07) is 3.87. The first-order valence-electron chi connectivity index (χ1n) is 6.77. The highest BCUT2D eigenvalue weighted by molar-refractivity contribution is 5.98. The highest BCUT2D eigenvalue weighted by Gasteiger charge is 2.35. The van der Waals surface area contributed by atoms with E-state index in [1.807, 2.05) is 0 Å². The zero-order valence-corrected chi connectivity index (χ0v) is 11.8. The number of nitrogens with one attached hydrogen (secondary N) is 1. The van der Waals surface area contributed by atoms with Gasteiger partial charge in [0.1, 0.15) is 5.75 Å². The number of benzene rings is 1. The largest absolute Gasteiger partial charge is 0.496 e. The van der Waals surface area contributed by atoms with Gasteiger partial charge < -0.3 is 15.2 Å². The van der Waals surface area contributed by atoms with Crippen molar-refractivity contribution in [3.63, 3.8) is 0 Å². The normalized spacial score (nSPS) is 16.5. The standard InChI is InChI=1S/C14H18N2O5/c1-21-12-5-4-10(16(19)20)8-11(12)13(18)15-14(9-17)6-2-3-7-14/h4-5,8,17H,2-3,6-7,9H2,1H3,(H,15,18). The van der Waals surface area contributed by atoms with Gasteiger partial charge in [-0.15, -0.1) is 0 Å². The minimum atomic E-state index is -0.632. The van der Waals surface area contributed by atoms with Gasteiger partial charge in [-0.05, 0) is 18.9 Å². The van der Waals surface area contributed by atoms with Gasteiger partial charge in [-0.2, -0.15) is 0 Å². The van der Waals surface area contributed by atoms with Crippen molar-refractivity contribution in [1.29, 1.82) is 0 Å². The third-order valence-electron chi connectivity index (χ3n) is 3.88. The minimum absolute atomic E-state index is 0.103. The summed E-state index contributed by atoms with van der Waals surface area (Å²) in [6.45, 7) is -0.143. The molecule has 0 heterocycles. The Bertz CT molecular complexity index is 552. The molecule has 0 bridgehead atoms. The number of nitro groups is 1. The fourth-order valence-electron chi connectivity index (χ4n) is 2.67. The van der Waals surface area contributed by atoms with E-state index in [2.05, 4.69) is 5.32 Å². The number of amides is 1. The number of carbonyl (C=O) groups excluding carboxylic acids is 1. The van der Waals surface area contributed by atoms with E-state index in [1.54, 1.807) is 0 Å². The van der Waals surface area contributed by atoms with Gasteiger partial charge in [0.15, 0.2) is 0 Å². The topological polar surface area (TPSA) is 102 Å². The molecule has 0 radical (unpaired) electrons. The van der Waals surface area contributed by atoms with Gasteiger partial charge >= 0.3 is 0 Å². The summed E-state index contributed by atoms with van der Waals surface area (Å²) in [5.41, 5.74) is -0.705. The quantitative estimate of drug-likeness (QED) is 0.635. The zero-order valence-electron chi connectivity index (χ0n) is 11.8. The predicted octanol–water partition coefficient (Wildman–Crippen LogP) is 1.64. The van der Waals surface area contributed by atoms with Crippen LogP contribution in [0.4, 0.5) is 5.69 Å². The maximum absolute atomic E-state index is 12.4. The van der Waals surface area contributed by atoms with E-state index in [0.717, 1.165) is 12.8 Å². The average Bonchev–Trinajstić information content (AvgIpc) is 2.95. The van der Waals surface area contributed by atoms with Crippen molar-refractivity contribution in [2.24, 2.45) is 0 Å². The van der Waals surface area contributed by atoms with Crippen LogP contribution in [0.2, 0.25) is 0 Å². The van der Waals surface area contributed by atoms with Crippen LogP contribution in [-0.4, -0.2) is 35.2 Å². The minimum Gasteiger partial charge on any atom is -0.496 e. The van der Waals surface area contributed by atoms with Gasteiger partial charge in [0.05, 0.1) is 29.7 Å². The van der Waals surface area contributed by atoms with E-state index >= 15 is 0 Å². The molecule has 21 heavy (non-hydrogen) atoms. The average molecular weight is 294 g/mol. The van der Waals surface area contributed by atoms with Crippen LogP contribution in [0.1, 0.15) is 36.0 Å². The van der Waals surface area contributed by atoms with Crippen LogP contribution >= 0.6 is 0 Å². The first-order valence-corrected chi connectivity index (χ1v) is 6.77. The summed E-state index contributed by atoms with van der Waals surface area (Å²) in [4.78, 5) is 22.7. The molecule has 1 aliphatic carbocycles. The van der Waals surface area contributed by atoms with Crippen molar-refractivity contribution in [2.45, 2.75) is 31.2 Å². The monoisotopic (exact) mass is 294 g/mol. The molecule has 1 amide bonds. The lowest BCUT2D eigenvalue weighted by Gasteiger charge is -2.28. The lowest BCUT2D eigenvalue weighted by molar-refractivity contribution is -0.384. The van der Waals surface area contributed by atoms with Crippen molar-refractivity contribution in [3.8, 4) is 5.75 Å². The van der Waals surface area contributed by atoms with E-state index in [4.69, 9.17) is 4.74 Å². The fourth-order valence-corrected chi connectivity index (χ4v) is 2.67. The lowest BCUT2D eigenvalue weighted by Crippen LogP contribution is -2.49. The summed E-state index contributed by atoms with van der Waals surface area (Å²) in [5.74, 6) is -0.198. The highest BCUT2D eigenvalue weighted by Crippen LogP contribution is 2.31. The van der Waals surface area contributed by atoms with Crippen molar-refractivity contribution in [2.75, 3.05) is 13.7 Å². The molecule has 0 aliphatic heterocycles. The second kappa shape index (κ2) is 6.09. The maximum atomic E-state index is 12.4. The van der Waals surface area contributed by atoms with Crippen molar-refractivity contribution < 1.29 is 19.6 Å². The predicted molar refractivity (Wildman–Crippen MR) is 75.4 cm³/mol. The number of aliphatic hydroxyl groups is 1. The first kappa shape index (κ1) is 15.2. The van der Waals surface area contributed by atoms with Gasteiger partial charge in [-0.3, -0.25) is 14.9 Å². The molecule has 0 spiro atoms. The van der Waals surface area contributed by atoms with Gasteiger partial charge in [0, 0.05) is 12.1 Å². The Morgan fingerprint density at radius 1 is 1.48 bits per heavy atom. The van der Waals surface area contributed by atoms with Crippen LogP contribution < -0.4 is 10.1 Å². The molecule has 7 heteroatoms. The second-order valence-corrected chi connectivity index (χ2v) is 5.24. The van der Waals surface area contributed by atoms with E-state index in [1.165, 1.54) is 25.3 Å².